The van der Waals surface area contributed by atoms with Crippen LogP contribution in [0.1, 0.15) is 37.6 Å². The van der Waals surface area contributed by atoms with Crippen molar-refractivity contribution in [2.24, 2.45) is 0 Å². The van der Waals surface area contributed by atoms with E-state index in [2.05, 4.69) is 15.9 Å². The Labute approximate surface area is 121 Å². The van der Waals surface area contributed by atoms with E-state index in [0.717, 1.165) is 6.29 Å². The Morgan fingerprint density at radius 2 is 2.05 bits per heavy atom. The van der Waals surface area contributed by atoms with Crippen molar-refractivity contribution in [3.63, 3.8) is 0 Å². The zero-order valence-electron chi connectivity index (χ0n) is 11.4. The van der Waals surface area contributed by atoms with E-state index >= 15 is 0 Å². The van der Waals surface area contributed by atoms with Crippen LogP contribution in [0.15, 0.2) is 16.6 Å². The Hall–Kier alpha value is -1.07. The molecule has 0 heterocycles. The molecule has 1 N–H and O–H groups in total. The Kier molecular flexibility index (Phi) is 5.82. The SMILES string of the molecule is CCOc1cc(C=O)cc(Br)c1OCCC(C)(C)O. The normalized spacial score (nSPS) is 11.2. The van der Waals surface area contributed by atoms with Crippen molar-refractivity contribution >= 4 is 22.2 Å². The van der Waals surface area contributed by atoms with Crippen molar-refractivity contribution in [1.29, 1.82) is 0 Å². The van der Waals surface area contributed by atoms with E-state index in [-0.39, 0.29) is 0 Å². The predicted molar refractivity (Wildman–Crippen MR) is 77.1 cm³/mol. The van der Waals surface area contributed by atoms with E-state index in [0.29, 0.717) is 41.2 Å². The molecule has 0 fully saturated rings. The Morgan fingerprint density at radius 3 is 2.58 bits per heavy atom. The second kappa shape index (κ2) is 6.91. The van der Waals surface area contributed by atoms with Gasteiger partial charge in [-0.2, -0.15) is 0 Å². The molecule has 5 heteroatoms. The van der Waals surface area contributed by atoms with Gasteiger partial charge in [0.1, 0.15) is 6.29 Å². The van der Waals surface area contributed by atoms with E-state index in [9.17, 15) is 9.90 Å². The van der Waals surface area contributed by atoms with E-state index < -0.39 is 5.60 Å². The summed E-state index contributed by atoms with van der Waals surface area (Å²) in [5.41, 5.74) is -0.258. The van der Waals surface area contributed by atoms with Crippen LogP contribution in [-0.4, -0.2) is 30.2 Å². The molecule has 0 unspecified atom stereocenters. The molecule has 0 amide bonds. The number of aldehydes is 1. The number of carbonyl (C=O) groups is 1. The molecule has 0 bridgehead atoms. The number of hydrogen-bond donors (Lipinski definition) is 1. The van der Waals surface area contributed by atoms with Gasteiger partial charge in [0.05, 0.1) is 23.3 Å². The highest BCUT2D eigenvalue weighted by Crippen LogP contribution is 2.36. The molecule has 106 valence electrons. The lowest BCUT2D eigenvalue weighted by Crippen LogP contribution is -2.22. The van der Waals surface area contributed by atoms with Crippen LogP contribution in [0.5, 0.6) is 11.5 Å². The fourth-order valence-electron chi connectivity index (χ4n) is 1.46. The molecular weight excluding hydrogens is 312 g/mol. The lowest BCUT2D eigenvalue weighted by Gasteiger charge is -2.19. The molecule has 4 nitrogen and oxygen atoms in total. The van der Waals surface area contributed by atoms with Crippen LogP contribution in [0.3, 0.4) is 0 Å². The van der Waals surface area contributed by atoms with Gasteiger partial charge in [-0.3, -0.25) is 4.79 Å². The highest BCUT2D eigenvalue weighted by Gasteiger charge is 2.16. The zero-order valence-corrected chi connectivity index (χ0v) is 13.0. The lowest BCUT2D eigenvalue weighted by atomic mass is 10.1. The summed E-state index contributed by atoms with van der Waals surface area (Å²) in [7, 11) is 0. The summed E-state index contributed by atoms with van der Waals surface area (Å²) in [6, 6.07) is 3.32. The minimum Gasteiger partial charge on any atom is -0.490 e. The van der Waals surface area contributed by atoms with Crippen molar-refractivity contribution in [2.45, 2.75) is 32.8 Å². The summed E-state index contributed by atoms with van der Waals surface area (Å²) >= 11 is 3.36. The van der Waals surface area contributed by atoms with E-state index in [1.807, 2.05) is 6.92 Å². The maximum absolute atomic E-state index is 10.8. The van der Waals surface area contributed by atoms with Crippen molar-refractivity contribution in [1.82, 2.24) is 0 Å². The summed E-state index contributed by atoms with van der Waals surface area (Å²) in [5.74, 6) is 1.08. The molecule has 0 radical (unpaired) electrons. The van der Waals surface area contributed by atoms with Crippen molar-refractivity contribution in [2.75, 3.05) is 13.2 Å². The quantitative estimate of drug-likeness (QED) is 0.780. The first-order valence-electron chi connectivity index (χ1n) is 6.14. The van der Waals surface area contributed by atoms with Gasteiger partial charge in [0.15, 0.2) is 11.5 Å². The van der Waals surface area contributed by atoms with Gasteiger partial charge in [-0.05, 0) is 48.8 Å². The number of benzene rings is 1. The summed E-state index contributed by atoms with van der Waals surface area (Å²) < 4.78 is 11.8. The highest BCUT2D eigenvalue weighted by molar-refractivity contribution is 9.10. The molecule has 0 spiro atoms. The summed E-state index contributed by atoms with van der Waals surface area (Å²) in [5, 5.41) is 9.65. The molecule has 1 aromatic rings. The van der Waals surface area contributed by atoms with Gasteiger partial charge in [0, 0.05) is 12.0 Å². The molecule has 1 aromatic carbocycles. The van der Waals surface area contributed by atoms with Gasteiger partial charge in [-0.1, -0.05) is 0 Å². The van der Waals surface area contributed by atoms with Gasteiger partial charge in [-0.15, -0.1) is 0 Å². The van der Waals surface area contributed by atoms with Crippen molar-refractivity contribution in [3.8, 4) is 11.5 Å². The topological polar surface area (TPSA) is 55.8 Å². The lowest BCUT2D eigenvalue weighted by molar-refractivity contribution is 0.0547. The zero-order chi connectivity index (χ0) is 14.5. The van der Waals surface area contributed by atoms with Gasteiger partial charge < -0.3 is 14.6 Å². The van der Waals surface area contributed by atoms with Crippen LogP contribution in [0, 0.1) is 0 Å². The average molecular weight is 331 g/mol. The maximum Gasteiger partial charge on any atom is 0.175 e. The number of aliphatic hydroxyl groups is 1. The number of rotatable bonds is 7. The van der Waals surface area contributed by atoms with Crippen molar-refractivity contribution < 1.29 is 19.4 Å². The first kappa shape index (κ1) is 16.0. The van der Waals surface area contributed by atoms with Gasteiger partial charge in [0.2, 0.25) is 0 Å². The van der Waals surface area contributed by atoms with E-state index in [1.54, 1.807) is 26.0 Å². The predicted octanol–water partition coefficient (Wildman–Crippen LogP) is 3.20. The molecule has 0 saturated carbocycles. The van der Waals surface area contributed by atoms with Crippen LogP contribution in [0.4, 0.5) is 0 Å². The van der Waals surface area contributed by atoms with Crippen LogP contribution in [0.25, 0.3) is 0 Å². The molecule has 1 rings (SSSR count). The number of carbonyl (C=O) groups excluding carboxylic acids is 1. The largest absolute Gasteiger partial charge is 0.490 e. The Balaban J connectivity index is 2.88. The second-order valence-electron chi connectivity index (χ2n) is 4.79. The molecule has 0 aliphatic heterocycles. The van der Waals surface area contributed by atoms with Crippen LogP contribution >= 0.6 is 15.9 Å². The number of ether oxygens (including phenoxy) is 2. The van der Waals surface area contributed by atoms with E-state index in [1.165, 1.54) is 0 Å². The molecule has 0 atom stereocenters. The summed E-state index contributed by atoms with van der Waals surface area (Å²) in [6.07, 6.45) is 1.26. The third-order valence-electron chi connectivity index (χ3n) is 2.43. The van der Waals surface area contributed by atoms with Gasteiger partial charge in [-0.25, -0.2) is 0 Å². The number of hydrogen-bond acceptors (Lipinski definition) is 4. The monoisotopic (exact) mass is 330 g/mol. The molecule has 0 aromatic heterocycles. The number of halogens is 1. The maximum atomic E-state index is 10.8. The smallest absolute Gasteiger partial charge is 0.175 e. The standard InChI is InChI=1S/C14H19BrO4/c1-4-18-12-8-10(9-16)7-11(15)13(12)19-6-5-14(2,3)17/h7-9,17H,4-6H2,1-3H3. The minimum absolute atomic E-state index is 0.364. The third kappa shape index (κ3) is 5.20. The molecular formula is C14H19BrO4. The minimum atomic E-state index is -0.777. The molecule has 0 aliphatic carbocycles. The third-order valence-corrected chi connectivity index (χ3v) is 3.02. The van der Waals surface area contributed by atoms with E-state index in [4.69, 9.17) is 9.47 Å². The second-order valence-corrected chi connectivity index (χ2v) is 5.65. The summed E-state index contributed by atoms with van der Waals surface area (Å²) in [4.78, 5) is 10.8. The Bertz CT molecular complexity index is 438. The van der Waals surface area contributed by atoms with Crippen LogP contribution in [-0.2, 0) is 0 Å². The fraction of sp³-hybridized carbons (Fsp3) is 0.500. The highest BCUT2D eigenvalue weighted by atomic mass is 79.9. The average Bonchev–Trinajstić information content (AvgIpc) is 2.31. The van der Waals surface area contributed by atoms with Gasteiger partial charge in [0.25, 0.3) is 0 Å². The first-order chi connectivity index (χ1) is 8.87. The van der Waals surface area contributed by atoms with Crippen LogP contribution < -0.4 is 9.47 Å². The molecule has 0 saturated heterocycles. The van der Waals surface area contributed by atoms with Crippen LogP contribution in [0.2, 0.25) is 0 Å². The first-order valence-corrected chi connectivity index (χ1v) is 6.93. The van der Waals surface area contributed by atoms with Crippen molar-refractivity contribution in [3.05, 3.63) is 22.2 Å². The fourth-order valence-corrected chi connectivity index (χ4v) is 2.04. The Morgan fingerprint density at radius 1 is 1.37 bits per heavy atom. The summed E-state index contributed by atoms with van der Waals surface area (Å²) in [6.45, 7) is 6.16. The van der Waals surface area contributed by atoms with Gasteiger partial charge >= 0.3 is 0 Å². The molecule has 19 heavy (non-hydrogen) atoms. The molecule has 0 aliphatic rings.